The summed E-state index contributed by atoms with van der Waals surface area (Å²) in [7, 11) is 0. The van der Waals surface area contributed by atoms with Gasteiger partial charge in [-0.1, -0.05) is 63.2 Å². The van der Waals surface area contributed by atoms with Crippen LogP contribution in [0.15, 0.2) is 48.5 Å². The summed E-state index contributed by atoms with van der Waals surface area (Å²) in [6.07, 6.45) is 2.91. The molecular weight excluding hydrogens is 442 g/mol. The number of amides is 3. The first-order chi connectivity index (χ1) is 16.6. The summed E-state index contributed by atoms with van der Waals surface area (Å²) in [4.78, 5) is 39.1. The van der Waals surface area contributed by atoms with Gasteiger partial charge in [0, 0.05) is 0 Å². The van der Waals surface area contributed by atoms with Crippen LogP contribution < -0.4 is 5.32 Å². The molecule has 0 unspecified atom stereocenters. The summed E-state index contributed by atoms with van der Waals surface area (Å²) < 4.78 is 5.35. The van der Waals surface area contributed by atoms with Crippen molar-refractivity contribution < 1.29 is 19.1 Å². The van der Waals surface area contributed by atoms with Crippen molar-refractivity contribution >= 4 is 17.9 Å². The van der Waals surface area contributed by atoms with Gasteiger partial charge >= 0.3 is 12.0 Å². The average Bonchev–Trinajstić information content (AvgIpc) is 3.06. The number of carbonyl (C=O) groups is 3. The van der Waals surface area contributed by atoms with E-state index in [2.05, 4.69) is 32.2 Å². The molecule has 35 heavy (non-hydrogen) atoms. The monoisotopic (exact) mass is 473 g/mol. The first kappa shape index (κ1) is 24.5. The van der Waals surface area contributed by atoms with Crippen molar-refractivity contribution in [3.8, 4) is 17.2 Å². The van der Waals surface area contributed by atoms with Crippen LogP contribution in [0.25, 0.3) is 11.1 Å². The van der Waals surface area contributed by atoms with Crippen LogP contribution in [0.3, 0.4) is 0 Å². The van der Waals surface area contributed by atoms with Crippen molar-refractivity contribution in [1.29, 1.82) is 5.26 Å². The number of esters is 1. The lowest BCUT2D eigenvalue weighted by atomic mass is 9.67. The number of rotatable bonds is 5. The number of nitrogens with zero attached hydrogens (tertiary/aromatic N) is 2. The van der Waals surface area contributed by atoms with Gasteiger partial charge in [-0.2, -0.15) is 5.26 Å². The highest BCUT2D eigenvalue weighted by Crippen LogP contribution is 2.43. The van der Waals surface area contributed by atoms with E-state index in [4.69, 9.17) is 4.74 Å². The van der Waals surface area contributed by atoms with Crippen LogP contribution in [-0.2, 0) is 20.9 Å². The minimum absolute atomic E-state index is 0.0288. The van der Waals surface area contributed by atoms with Crippen molar-refractivity contribution in [2.75, 3.05) is 6.54 Å². The number of nitrogens with one attached hydrogen (secondary N) is 1. The molecule has 2 aliphatic rings. The first-order valence-electron chi connectivity index (χ1n) is 12.0. The Bertz CT molecular complexity index is 1170. The standard InChI is InChI=1S/C28H31N3O4/c1-27(2,3)22-12-14-28(15-13-22)25(33)31(26(34)30-28)17-24(32)35-18-19-8-10-20(11-9-19)23-7-5-4-6-21(23)16-29/h4-11,22H,12-15,17-18H2,1-3H3,(H,30,34). The highest BCUT2D eigenvalue weighted by Gasteiger charge is 2.53. The van der Waals surface area contributed by atoms with E-state index in [1.165, 1.54) is 0 Å². The second-order valence-corrected chi connectivity index (χ2v) is 10.6. The minimum atomic E-state index is -0.894. The van der Waals surface area contributed by atoms with Gasteiger partial charge in [0.25, 0.3) is 5.91 Å². The van der Waals surface area contributed by atoms with Gasteiger partial charge in [0.15, 0.2) is 0 Å². The van der Waals surface area contributed by atoms with Gasteiger partial charge in [-0.15, -0.1) is 0 Å². The van der Waals surface area contributed by atoms with E-state index in [-0.39, 0.29) is 17.9 Å². The number of carbonyl (C=O) groups excluding carboxylic acids is 3. The molecule has 4 rings (SSSR count). The van der Waals surface area contributed by atoms with Gasteiger partial charge in [-0.25, -0.2) is 4.79 Å². The van der Waals surface area contributed by atoms with Crippen molar-refractivity contribution in [1.82, 2.24) is 10.2 Å². The van der Waals surface area contributed by atoms with E-state index < -0.39 is 24.1 Å². The van der Waals surface area contributed by atoms with Gasteiger partial charge in [0.2, 0.25) is 0 Å². The van der Waals surface area contributed by atoms with Crippen LogP contribution in [0, 0.1) is 22.7 Å². The Hall–Kier alpha value is -3.66. The molecule has 1 N–H and O–H groups in total. The van der Waals surface area contributed by atoms with Crippen molar-refractivity contribution in [2.45, 2.75) is 58.6 Å². The fourth-order valence-corrected chi connectivity index (χ4v) is 5.09. The molecule has 0 radical (unpaired) electrons. The quantitative estimate of drug-likeness (QED) is 0.497. The molecule has 3 amide bonds. The summed E-state index contributed by atoms with van der Waals surface area (Å²) in [6.45, 7) is 6.23. The highest BCUT2D eigenvalue weighted by molar-refractivity contribution is 6.08. The predicted molar refractivity (Wildman–Crippen MR) is 131 cm³/mol. The smallest absolute Gasteiger partial charge is 0.326 e. The lowest BCUT2D eigenvalue weighted by molar-refractivity contribution is -0.149. The summed E-state index contributed by atoms with van der Waals surface area (Å²) in [5.74, 6) is -0.461. The van der Waals surface area contributed by atoms with E-state index in [0.29, 0.717) is 24.3 Å². The van der Waals surface area contributed by atoms with Crippen molar-refractivity contribution in [3.05, 3.63) is 59.7 Å². The molecule has 0 atom stereocenters. The van der Waals surface area contributed by atoms with Crippen molar-refractivity contribution in [2.24, 2.45) is 11.3 Å². The lowest BCUT2D eigenvalue weighted by Gasteiger charge is -2.40. The van der Waals surface area contributed by atoms with Gasteiger partial charge in [0.05, 0.1) is 11.6 Å². The molecule has 182 valence electrons. The first-order valence-corrected chi connectivity index (χ1v) is 12.0. The Kier molecular flexibility index (Phi) is 6.66. The second-order valence-electron chi connectivity index (χ2n) is 10.6. The predicted octanol–water partition coefficient (Wildman–Crippen LogP) is 4.80. The third-order valence-corrected chi connectivity index (χ3v) is 7.31. The summed E-state index contributed by atoms with van der Waals surface area (Å²) >= 11 is 0. The normalized spacial score (nSPS) is 22.1. The zero-order valence-electron chi connectivity index (χ0n) is 20.5. The molecule has 0 bridgehead atoms. The molecule has 2 fully saturated rings. The number of imide groups is 1. The number of urea groups is 1. The summed E-state index contributed by atoms with van der Waals surface area (Å²) in [5, 5.41) is 12.2. The third kappa shape index (κ3) is 5.07. The molecule has 1 aliphatic carbocycles. The van der Waals surface area contributed by atoms with Crippen molar-refractivity contribution in [3.63, 3.8) is 0 Å². The molecule has 1 heterocycles. The van der Waals surface area contributed by atoms with Crippen LogP contribution in [0.4, 0.5) is 4.79 Å². The zero-order chi connectivity index (χ0) is 25.2. The number of benzene rings is 2. The Labute approximate surface area is 206 Å². The SMILES string of the molecule is CC(C)(C)C1CCC2(CC1)NC(=O)N(CC(=O)OCc1ccc(-c3ccccc3C#N)cc1)C2=O. The highest BCUT2D eigenvalue weighted by atomic mass is 16.5. The van der Waals surface area contributed by atoms with Crippen LogP contribution in [0.1, 0.15) is 57.6 Å². The molecule has 7 heteroatoms. The molecule has 1 spiro atoms. The third-order valence-electron chi connectivity index (χ3n) is 7.31. The minimum Gasteiger partial charge on any atom is -0.459 e. The molecular formula is C28H31N3O4. The Morgan fingerprint density at radius 3 is 2.40 bits per heavy atom. The van der Waals surface area contributed by atoms with Gasteiger partial charge < -0.3 is 10.1 Å². The van der Waals surface area contributed by atoms with Crippen LogP contribution in [0.5, 0.6) is 0 Å². The molecule has 0 aromatic heterocycles. The van der Waals surface area contributed by atoms with Crippen LogP contribution in [0.2, 0.25) is 0 Å². The number of ether oxygens (including phenoxy) is 1. The largest absolute Gasteiger partial charge is 0.459 e. The fraction of sp³-hybridized carbons (Fsp3) is 0.429. The van der Waals surface area contributed by atoms with Gasteiger partial charge in [-0.3, -0.25) is 14.5 Å². The maximum absolute atomic E-state index is 13.1. The maximum Gasteiger partial charge on any atom is 0.326 e. The van der Waals surface area contributed by atoms with Gasteiger partial charge in [-0.05, 0) is 59.8 Å². The van der Waals surface area contributed by atoms with Gasteiger partial charge in [0.1, 0.15) is 18.7 Å². The van der Waals surface area contributed by atoms with Crippen LogP contribution >= 0.6 is 0 Å². The van der Waals surface area contributed by atoms with E-state index in [0.717, 1.165) is 34.4 Å². The van der Waals surface area contributed by atoms with E-state index in [1.807, 2.05) is 42.5 Å². The number of hydrogen-bond donors (Lipinski definition) is 1. The average molecular weight is 474 g/mol. The maximum atomic E-state index is 13.1. The summed E-state index contributed by atoms with van der Waals surface area (Å²) in [6, 6.07) is 16.4. The van der Waals surface area contributed by atoms with E-state index >= 15 is 0 Å². The Morgan fingerprint density at radius 1 is 1.11 bits per heavy atom. The Balaban J connectivity index is 1.32. The lowest BCUT2D eigenvalue weighted by Crippen LogP contribution is -2.50. The summed E-state index contributed by atoms with van der Waals surface area (Å²) in [5.41, 5.74) is 2.35. The van der Waals surface area contributed by atoms with Crippen LogP contribution in [-0.4, -0.2) is 34.9 Å². The molecule has 1 aliphatic heterocycles. The molecule has 2 aromatic rings. The molecule has 7 nitrogen and oxygen atoms in total. The molecule has 1 saturated heterocycles. The second kappa shape index (κ2) is 9.53. The van der Waals surface area contributed by atoms with E-state index in [1.54, 1.807) is 6.07 Å². The fourth-order valence-electron chi connectivity index (χ4n) is 5.09. The molecule has 2 aromatic carbocycles. The molecule has 1 saturated carbocycles. The Morgan fingerprint density at radius 2 is 1.77 bits per heavy atom. The zero-order valence-corrected chi connectivity index (χ0v) is 20.5. The number of hydrogen-bond acceptors (Lipinski definition) is 5. The van der Waals surface area contributed by atoms with E-state index in [9.17, 15) is 19.6 Å². The number of nitriles is 1. The topological polar surface area (TPSA) is 99.5 Å².